The van der Waals surface area contributed by atoms with E-state index in [2.05, 4.69) is 23.5 Å². The molecule has 1 aliphatic heterocycles. The van der Waals surface area contributed by atoms with Gasteiger partial charge in [0.25, 0.3) is 10.0 Å². The van der Waals surface area contributed by atoms with Gasteiger partial charge in [0.1, 0.15) is 11.0 Å². The first-order chi connectivity index (χ1) is 12.3. The van der Waals surface area contributed by atoms with E-state index in [1.165, 1.54) is 12.1 Å². The lowest BCUT2D eigenvalue weighted by Gasteiger charge is -2.43. The first-order valence-electron chi connectivity index (χ1n) is 8.31. The molecule has 1 saturated heterocycles. The van der Waals surface area contributed by atoms with Crippen molar-refractivity contribution in [3.8, 4) is 6.07 Å². The van der Waals surface area contributed by atoms with Crippen LogP contribution in [0.1, 0.15) is 19.4 Å². The summed E-state index contributed by atoms with van der Waals surface area (Å²) < 4.78 is 33.2. The predicted octanol–water partition coefficient (Wildman–Crippen LogP) is 2.97. The number of sulfonamides is 1. The molecule has 0 unspecified atom stereocenters. The number of ether oxygens (including phenoxy) is 1. The Balaban J connectivity index is 1.82. The lowest BCUT2D eigenvalue weighted by molar-refractivity contribution is 0.0644. The summed E-state index contributed by atoms with van der Waals surface area (Å²) in [6.45, 7) is 6.33. The Hall–Kier alpha value is -2.56. The highest BCUT2D eigenvalue weighted by Gasteiger charge is 2.30. The second kappa shape index (κ2) is 6.98. The summed E-state index contributed by atoms with van der Waals surface area (Å²) in [5.41, 5.74) is 1.46. The molecule has 0 aliphatic carbocycles. The fourth-order valence-electron chi connectivity index (χ4n) is 3.05. The van der Waals surface area contributed by atoms with E-state index in [0.717, 1.165) is 12.2 Å². The van der Waals surface area contributed by atoms with E-state index in [1.807, 2.05) is 18.2 Å². The van der Waals surface area contributed by atoms with Crippen molar-refractivity contribution in [2.45, 2.75) is 24.3 Å². The van der Waals surface area contributed by atoms with Crippen molar-refractivity contribution in [3.05, 3.63) is 54.1 Å². The van der Waals surface area contributed by atoms with Crippen LogP contribution in [-0.4, -0.2) is 33.7 Å². The number of nitriles is 1. The Bertz CT molecular complexity index is 931. The van der Waals surface area contributed by atoms with Crippen LogP contribution >= 0.6 is 0 Å². The molecule has 1 fully saturated rings. The topological polar surface area (TPSA) is 82.4 Å². The van der Waals surface area contributed by atoms with Crippen molar-refractivity contribution in [3.63, 3.8) is 0 Å². The third-order valence-corrected chi connectivity index (χ3v) is 5.81. The molecule has 6 nitrogen and oxygen atoms in total. The molecule has 26 heavy (non-hydrogen) atoms. The molecule has 0 atom stereocenters. The molecule has 3 rings (SSSR count). The van der Waals surface area contributed by atoms with Crippen LogP contribution in [0.2, 0.25) is 0 Å². The summed E-state index contributed by atoms with van der Waals surface area (Å²) in [5, 5.41) is 9.12. The number of nitrogens with zero attached hydrogens (tertiary/aromatic N) is 2. The lowest BCUT2D eigenvalue weighted by Crippen LogP contribution is -2.53. The highest BCUT2D eigenvalue weighted by molar-refractivity contribution is 7.92. The minimum atomic E-state index is -3.82. The molecule has 2 aromatic rings. The molecule has 0 saturated carbocycles. The van der Waals surface area contributed by atoms with Crippen molar-refractivity contribution in [2.24, 2.45) is 0 Å². The molecular formula is C19H21N3O3S. The lowest BCUT2D eigenvalue weighted by atomic mass is 10.0. The Labute approximate surface area is 154 Å². The normalized spacial score (nSPS) is 16.7. The first kappa shape index (κ1) is 18.2. The van der Waals surface area contributed by atoms with Gasteiger partial charge in [0, 0.05) is 17.9 Å². The van der Waals surface area contributed by atoms with Crippen LogP contribution in [0.5, 0.6) is 0 Å². The van der Waals surface area contributed by atoms with E-state index in [1.54, 1.807) is 24.3 Å². The molecule has 0 spiro atoms. The van der Waals surface area contributed by atoms with Crippen LogP contribution in [0.4, 0.5) is 11.4 Å². The van der Waals surface area contributed by atoms with Gasteiger partial charge in [0.05, 0.1) is 24.3 Å². The average Bonchev–Trinajstić information content (AvgIpc) is 2.62. The molecule has 0 bridgehead atoms. The summed E-state index contributed by atoms with van der Waals surface area (Å²) in [6, 6.07) is 15.3. The second-order valence-electron chi connectivity index (χ2n) is 6.78. The largest absolute Gasteiger partial charge is 0.377 e. The number of morpholine rings is 1. The van der Waals surface area contributed by atoms with E-state index in [0.29, 0.717) is 18.9 Å². The maximum absolute atomic E-state index is 12.6. The van der Waals surface area contributed by atoms with E-state index < -0.39 is 10.0 Å². The molecular weight excluding hydrogens is 350 g/mol. The smallest absolute Gasteiger partial charge is 0.263 e. The zero-order chi connectivity index (χ0) is 18.8. The summed E-state index contributed by atoms with van der Waals surface area (Å²) >= 11 is 0. The zero-order valence-corrected chi connectivity index (χ0v) is 15.6. The molecule has 1 aliphatic rings. The maximum atomic E-state index is 12.6. The van der Waals surface area contributed by atoms with Gasteiger partial charge in [-0.3, -0.25) is 4.72 Å². The van der Waals surface area contributed by atoms with Gasteiger partial charge in [-0.1, -0.05) is 12.1 Å². The third kappa shape index (κ3) is 3.66. The van der Waals surface area contributed by atoms with Gasteiger partial charge < -0.3 is 9.64 Å². The van der Waals surface area contributed by atoms with Crippen LogP contribution in [0.25, 0.3) is 0 Å². The number of anilines is 2. The summed E-state index contributed by atoms with van der Waals surface area (Å²) in [7, 11) is -3.82. The van der Waals surface area contributed by atoms with Gasteiger partial charge >= 0.3 is 0 Å². The molecule has 136 valence electrons. The van der Waals surface area contributed by atoms with Crippen LogP contribution in [0.3, 0.4) is 0 Å². The number of hydrogen-bond acceptors (Lipinski definition) is 5. The van der Waals surface area contributed by atoms with Crippen molar-refractivity contribution < 1.29 is 13.2 Å². The van der Waals surface area contributed by atoms with Crippen molar-refractivity contribution in [2.75, 3.05) is 29.4 Å². The third-order valence-electron chi connectivity index (χ3n) is 4.37. The Kier molecular flexibility index (Phi) is 4.90. The molecule has 1 N–H and O–H groups in total. The van der Waals surface area contributed by atoms with Crippen LogP contribution < -0.4 is 9.62 Å². The van der Waals surface area contributed by atoms with Crippen LogP contribution in [0, 0.1) is 11.3 Å². The Morgan fingerprint density at radius 2 is 1.85 bits per heavy atom. The fourth-order valence-corrected chi connectivity index (χ4v) is 4.27. The summed E-state index contributed by atoms with van der Waals surface area (Å²) in [6.07, 6.45) is 0. The van der Waals surface area contributed by atoms with Gasteiger partial charge in [-0.25, -0.2) is 8.42 Å². The molecule has 0 aromatic heterocycles. The molecule has 1 heterocycles. The standard InChI is InChI=1S/C19H21N3O3S/c1-19(2)14-25-12-11-22(19)17-9-7-16(8-10-17)21-26(23,24)18-6-4-3-5-15(18)13-20/h3-10,21H,11-12,14H2,1-2H3. The maximum Gasteiger partial charge on any atom is 0.263 e. The van der Waals surface area contributed by atoms with Crippen molar-refractivity contribution in [1.29, 1.82) is 5.26 Å². The minimum absolute atomic E-state index is 0.0270. The molecule has 0 amide bonds. The van der Waals surface area contributed by atoms with Gasteiger partial charge in [0.2, 0.25) is 0 Å². The van der Waals surface area contributed by atoms with Crippen LogP contribution in [-0.2, 0) is 14.8 Å². The molecule has 0 radical (unpaired) electrons. The number of benzene rings is 2. The Morgan fingerprint density at radius 3 is 2.50 bits per heavy atom. The predicted molar refractivity (Wildman–Crippen MR) is 101 cm³/mol. The van der Waals surface area contributed by atoms with Crippen molar-refractivity contribution in [1.82, 2.24) is 0 Å². The van der Waals surface area contributed by atoms with Gasteiger partial charge in [0.15, 0.2) is 0 Å². The summed E-state index contributed by atoms with van der Waals surface area (Å²) in [4.78, 5) is 2.22. The fraction of sp³-hybridized carbons (Fsp3) is 0.316. The second-order valence-corrected chi connectivity index (χ2v) is 8.43. The quantitative estimate of drug-likeness (QED) is 0.893. The highest BCUT2D eigenvalue weighted by Crippen LogP contribution is 2.28. The average molecular weight is 371 g/mol. The number of rotatable bonds is 4. The van der Waals surface area contributed by atoms with Crippen molar-refractivity contribution >= 4 is 21.4 Å². The van der Waals surface area contributed by atoms with E-state index in [-0.39, 0.29) is 16.0 Å². The molecule has 7 heteroatoms. The first-order valence-corrected chi connectivity index (χ1v) is 9.79. The highest BCUT2D eigenvalue weighted by atomic mass is 32.2. The van der Waals surface area contributed by atoms with E-state index >= 15 is 0 Å². The molecule has 2 aromatic carbocycles. The van der Waals surface area contributed by atoms with Crippen LogP contribution in [0.15, 0.2) is 53.4 Å². The monoisotopic (exact) mass is 371 g/mol. The SMILES string of the molecule is CC1(C)COCCN1c1ccc(NS(=O)(=O)c2ccccc2C#N)cc1. The summed E-state index contributed by atoms with van der Waals surface area (Å²) in [5.74, 6) is 0. The Morgan fingerprint density at radius 1 is 1.15 bits per heavy atom. The van der Waals surface area contributed by atoms with Gasteiger partial charge in [-0.2, -0.15) is 5.26 Å². The van der Waals surface area contributed by atoms with Gasteiger partial charge in [-0.15, -0.1) is 0 Å². The van der Waals surface area contributed by atoms with E-state index in [4.69, 9.17) is 10.00 Å². The number of hydrogen-bond donors (Lipinski definition) is 1. The zero-order valence-electron chi connectivity index (χ0n) is 14.8. The minimum Gasteiger partial charge on any atom is -0.377 e. The number of nitrogens with one attached hydrogen (secondary N) is 1. The van der Waals surface area contributed by atoms with Gasteiger partial charge in [-0.05, 0) is 50.2 Å². The van der Waals surface area contributed by atoms with E-state index in [9.17, 15) is 8.42 Å².